The predicted molar refractivity (Wildman–Crippen MR) is 123 cm³/mol. The van der Waals surface area contributed by atoms with Crippen molar-refractivity contribution in [2.24, 2.45) is 7.05 Å². The molecule has 2 aromatic carbocycles. The largest absolute Gasteiger partial charge is 0.479 e. The van der Waals surface area contributed by atoms with Gasteiger partial charge in [0.05, 0.1) is 12.2 Å². The third-order valence-corrected chi connectivity index (χ3v) is 5.63. The predicted octanol–water partition coefficient (Wildman–Crippen LogP) is 2.61. The minimum Gasteiger partial charge on any atom is -0.479 e. The van der Waals surface area contributed by atoms with Gasteiger partial charge in [0.25, 0.3) is 5.91 Å². The standard InChI is InChI=1S/C24H24N4O6/c1-28-12-19(21(27-28)22(29)25-11-20(33-2)23(30)31)26-24(32)34-13-18-16-9-5-3-7-14(16)15-8-4-6-10-17(15)18/h3-10,12,18,20H,11,13H2,1-2H3,(H,25,29)(H,26,32)(H,30,31). The highest BCUT2D eigenvalue weighted by atomic mass is 16.5. The smallest absolute Gasteiger partial charge is 0.411 e. The second-order valence-corrected chi connectivity index (χ2v) is 7.79. The average molecular weight is 464 g/mol. The second-order valence-electron chi connectivity index (χ2n) is 7.79. The number of fused-ring (bicyclic) bond motifs is 3. The number of carbonyl (C=O) groups excluding carboxylic acids is 2. The van der Waals surface area contributed by atoms with Crippen molar-refractivity contribution < 1.29 is 29.0 Å². The lowest BCUT2D eigenvalue weighted by molar-refractivity contribution is -0.148. The maximum Gasteiger partial charge on any atom is 0.411 e. The Morgan fingerprint density at radius 3 is 2.29 bits per heavy atom. The van der Waals surface area contributed by atoms with Gasteiger partial charge in [-0.3, -0.25) is 14.8 Å². The quantitative estimate of drug-likeness (QED) is 0.467. The van der Waals surface area contributed by atoms with E-state index in [1.54, 1.807) is 7.05 Å². The Hall–Kier alpha value is -4.18. The lowest BCUT2D eigenvalue weighted by Gasteiger charge is -2.14. The van der Waals surface area contributed by atoms with Gasteiger partial charge in [0.15, 0.2) is 11.8 Å². The minimum absolute atomic E-state index is 0.0729. The van der Waals surface area contributed by atoms with E-state index < -0.39 is 24.1 Å². The fraction of sp³-hybridized carbons (Fsp3) is 0.250. The molecule has 0 spiro atoms. The van der Waals surface area contributed by atoms with Gasteiger partial charge in [-0.1, -0.05) is 48.5 Å². The number of benzene rings is 2. The molecule has 2 amide bonds. The SMILES string of the molecule is COC(CNC(=O)c1nn(C)cc1NC(=O)OCC1c2ccccc2-c2ccccc21)C(=O)O. The number of aromatic nitrogens is 2. The van der Waals surface area contributed by atoms with Gasteiger partial charge in [-0.15, -0.1) is 0 Å². The first kappa shape index (κ1) is 23.0. The number of hydrogen-bond acceptors (Lipinski definition) is 6. The molecule has 34 heavy (non-hydrogen) atoms. The first-order chi connectivity index (χ1) is 16.4. The average Bonchev–Trinajstić information content (AvgIpc) is 3.35. The minimum atomic E-state index is -1.21. The summed E-state index contributed by atoms with van der Waals surface area (Å²) < 4.78 is 11.7. The normalized spacial score (nSPS) is 13.0. The zero-order valence-electron chi connectivity index (χ0n) is 18.6. The summed E-state index contributed by atoms with van der Waals surface area (Å²) >= 11 is 0. The third kappa shape index (κ3) is 4.62. The van der Waals surface area contributed by atoms with E-state index >= 15 is 0 Å². The van der Waals surface area contributed by atoms with Crippen molar-refractivity contribution in [3.8, 4) is 11.1 Å². The first-order valence-electron chi connectivity index (χ1n) is 10.6. The fourth-order valence-corrected chi connectivity index (χ4v) is 4.03. The van der Waals surface area contributed by atoms with Crippen LogP contribution in [0.15, 0.2) is 54.7 Å². The van der Waals surface area contributed by atoms with Crippen LogP contribution in [0.2, 0.25) is 0 Å². The number of nitrogens with one attached hydrogen (secondary N) is 2. The van der Waals surface area contributed by atoms with Gasteiger partial charge in [0.2, 0.25) is 0 Å². The highest BCUT2D eigenvalue weighted by Crippen LogP contribution is 2.44. The van der Waals surface area contributed by atoms with Crippen LogP contribution < -0.4 is 10.6 Å². The molecule has 1 unspecified atom stereocenters. The molecule has 0 radical (unpaired) electrons. The number of rotatable bonds is 8. The molecule has 1 aliphatic carbocycles. The van der Waals surface area contributed by atoms with Crippen molar-refractivity contribution in [3.63, 3.8) is 0 Å². The third-order valence-electron chi connectivity index (χ3n) is 5.63. The molecule has 3 aromatic rings. The highest BCUT2D eigenvalue weighted by molar-refractivity contribution is 6.01. The van der Waals surface area contributed by atoms with Crippen LogP contribution in [-0.4, -0.2) is 59.2 Å². The van der Waals surface area contributed by atoms with Crippen LogP contribution in [0.1, 0.15) is 27.5 Å². The van der Waals surface area contributed by atoms with Gasteiger partial charge in [-0.05, 0) is 22.3 Å². The molecular formula is C24H24N4O6. The molecule has 1 atom stereocenters. The number of nitrogens with zero attached hydrogens (tertiary/aromatic N) is 2. The number of anilines is 1. The van der Waals surface area contributed by atoms with Crippen molar-refractivity contribution in [2.75, 3.05) is 25.6 Å². The van der Waals surface area contributed by atoms with Crippen molar-refractivity contribution in [1.82, 2.24) is 15.1 Å². The Balaban J connectivity index is 1.42. The van der Waals surface area contributed by atoms with E-state index in [1.807, 2.05) is 48.5 Å². The van der Waals surface area contributed by atoms with Crippen LogP contribution in [0.3, 0.4) is 0 Å². The maximum atomic E-state index is 12.6. The van der Waals surface area contributed by atoms with E-state index in [1.165, 1.54) is 18.0 Å². The summed E-state index contributed by atoms with van der Waals surface area (Å²) in [7, 11) is 2.82. The van der Waals surface area contributed by atoms with E-state index in [0.717, 1.165) is 22.3 Å². The lowest BCUT2D eigenvalue weighted by atomic mass is 9.98. The molecule has 0 aliphatic heterocycles. The monoisotopic (exact) mass is 464 g/mol. The van der Waals surface area contributed by atoms with Crippen LogP contribution in [0, 0.1) is 0 Å². The van der Waals surface area contributed by atoms with E-state index in [-0.39, 0.29) is 30.5 Å². The molecule has 176 valence electrons. The molecule has 1 aromatic heterocycles. The van der Waals surface area contributed by atoms with Gasteiger partial charge >= 0.3 is 12.1 Å². The fourth-order valence-electron chi connectivity index (χ4n) is 4.03. The number of carboxylic acids is 1. The molecule has 4 rings (SSSR count). The number of carbonyl (C=O) groups is 3. The van der Waals surface area contributed by atoms with Gasteiger partial charge in [-0.2, -0.15) is 5.10 Å². The summed E-state index contributed by atoms with van der Waals surface area (Å²) in [6.07, 6.45) is -0.475. The Labute approximate surface area is 195 Å². The van der Waals surface area contributed by atoms with Crippen LogP contribution in [-0.2, 0) is 21.3 Å². The zero-order valence-corrected chi connectivity index (χ0v) is 18.6. The van der Waals surface area contributed by atoms with Gasteiger partial charge in [-0.25, -0.2) is 9.59 Å². The number of hydrogen-bond donors (Lipinski definition) is 3. The van der Waals surface area contributed by atoms with Gasteiger partial charge in [0, 0.05) is 26.3 Å². The van der Waals surface area contributed by atoms with E-state index in [4.69, 9.17) is 14.6 Å². The number of methoxy groups -OCH3 is 1. The Morgan fingerprint density at radius 2 is 1.71 bits per heavy atom. The number of ether oxygens (including phenoxy) is 2. The van der Waals surface area contributed by atoms with Gasteiger partial charge in [0.1, 0.15) is 6.61 Å². The van der Waals surface area contributed by atoms with Crippen LogP contribution in [0.25, 0.3) is 11.1 Å². The summed E-state index contributed by atoms with van der Waals surface area (Å²) in [5, 5.41) is 18.1. The van der Waals surface area contributed by atoms with Crippen LogP contribution in [0.5, 0.6) is 0 Å². The topological polar surface area (TPSA) is 132 Å². The number of aliphatic carboxylic acids is 1. The van der Waals surface area contributed by atoms with Crippen molar-refractivity contribution in [3.05, 3.63) is 71.5 Å². The van der Waals surface area contributed by atoms with Crippen LogP contribution >= 0.6 is 0 Å². The molecule has 0 bridgehead atoms. The van der Waals surface area contributed by atoms with E-state index in [9.17, 15) is 14.4 Å². The molecule has 0 saturated carbocycles. The molecule has 1 heterocycles. The molecule has 3 N–H and O–H groups in total. The second kappa shape index (κ2) is 9.75. The number of aryl methyl sites for hydroxylation is 1. The Morgan fingerprint density at radius 1 is 1.09 bits per heavy atom. The molecule has 0 fully saturated rings. The van der Waals surface area contributed by atoms with Crippen LogP contribution in [0.4, 0.5) is 10.5 Å². The molecule has 0 saturated heterocycles. The molecular weight excluding hydrogens is 440 g/mol. The zero-order chi connectivity index (χ0) is 24.2. The first-order valence-corrected chi connectivity index (χ1v) is 10.6. The summed E-state index contributed by atoms with van der Waals surface area (Å²) in [6.45, 7) is -0.137. The number of carboxylic acid groups (broad SMARTS) is 1. The molecule has 1 aliphatic rings. The molecule has 10 heteroatoms. The summed E-state index contributed by atoms with van der Waals surface area (Å²) in [5.74, 6) is -1.96. The van der Waals surface area contributed by atoms with E-state index in [2.05, 4.69) is 15.7 Å². The summed E-state index contributed by atoms with van der Waals surface area (Å²) in [6, 6.07) is 16.0. The van der Waals surface area contributed by atoms with Crippen molar-refractivity contribution in [1.29, 1.82) is 0 Å². The van der Waals surface area contributed by atoms with Gasteiger partial charge < -0.3 is 19.9 Å². The Kier molecular flexibility index (Phi) is 6.60. The Bertz CT molecular complexity index is 1190. The number of amides is 2. The molecule has 10 nitrogen and oxygen atoms in total. The van der Waals surface area contributed by atoms with E-state index in [0.29, 0.717) is 0 Å². The maximum absolute atomic E-state index is 12.6. The summed E-state index contributed by atoms with van der Waals surface area (Å²) in [4.78, 5) is 36.2. The van der Waals surface area contributed by atoms with Crippen molar-refractivity contribution >= 4 is 23.7 Å². The van der Waals surface area contributed by atoms with Crippen molar-refractivity contribution in [2.45, 2.75) is 12.0 Å². The lowest BCUT2D eigenvalue weighted by Crippen LogP contribution is -2.38. The highest BCUT2D eigenvalue weighted by Gasteiger charge is 2.29. The summed E-state index contributed by atoms with van der Waals surface area (Å²) in [5.41, 5.74) is 4.48.